The van der Waals surface area contributed by atoms with Gasteiger partial charge in [0.05, 0.1) is 6.04 Å². The Morgan fingerprint density at radius 1 is 1.00 bits per heavy atom. The monoisotopic (exact) mass is 342 g/mol. The standard InChI is InChI=1S/C21H30N2O2/c1-16(24)23-14-12-19(13-15-23)21(25)22-20(17-8-4-2-5-9-17)18-10-6-3-7-11-18/h2,4-5,8-9,18-20H,3,6-7,10-15H2,1H3,(H,22,25)/t20-/m0/s1. The van der Waals surface area contributed by atoms with E-state index in [0.29, 0.717) is 19.0 Å². The zero-order valence-electron chi connectivity index (χ0n) is 15.2. The average molecular weight is 342 g/mol. The molecule has 1 aliphatic heterocycles. The number of amides is 2. The topological polar surface area (TPSA) is 49.4 Å². The molecule has 1 aromatic rings. The fourth-order valence-corrected chi connectivity index (χ4v) is 4.33. The Labute approximate surface area is 151 Å². The van der Waals surface area contributed by atoms with Crippen molar-refractivity contribution < 1.29 is 9.59 Å². The minimum absolute atomic E-state index is 0.0328. The van der Waals surface area contributed by atoms with E-state index in [2.05, 4.69) is 29.6 Å². The lowest BCUT2D eigenvalue weighted by Gasteiger charge is -2.35. The van der Waals surface area contributed by atoms with Gasteiger partial charge in [-0.05, 0) is 37.2 Å². The van der Waals surface area contributed by atoms with Gasteiger partial charge in [-0.2, -0.15) is 0 Å². The Morgan fingerprint density at radius 2 is 1.64 bits per heavy atom. The molecule has 0 unspecified atom stereocenters. The number of rotatable bonds is 4. The van der Waals surface area contributed by atoms with Gasteiger partial charge in [-0.25, -0.2) is 0 Å². The Balaban J connectivity index is 1.65. The minimum Gasteiger partial charge on any atom is -0.349 e. The van der Waals surface area contributed by atoms with Crippen molar-refractivity contribution in [1.82, 2.24) is 10.2 Å². The Morgan fingerprint density at radius 3 is 2.24 bits per heavy atom. The van der Waals surface area contributed by atoms with Crippen molar-refractivity contribution in [3.63, 3.8) is 0 Å². The first-order valence-electron chi connectivity index (χ1n) is 9.76. The molecule has 1 aliphatic carbocycles. The normalized spacial score (nSPS) is 20.9. The van der Waals surface area contributed by atoms with E-state index in [1.165, 1.54) is 37.7 Å². The molecule has 25 heavy (non-hydrogen) atoms. The fraction of sp³-hybridized carbons (Fsp3) is 0.619. The summed E-state index contributed by atoms with van der Waals surface area (Å²) < 4.78 is 0. The van der Waals surface area contributed by atoms with Crippen LogP contribution in [0, 0.1) is 11.8 Å². The highest BCUT2D eigenvalue weighted by Crippen LogP contribution is 2.35. The van der Waals surface area contributed by atoms with E-state index in [1.807, 2.05) is 11.0 Å². The molecule has 0 radical (unpaired) electrons. The van der Waals surface area contributed by atoms with Gasteiger partial charge in [0, 0.05) is 25.9 Å². The van der Waals surface area contributed by atoms with Crippen LogP contribution in [-0.4, -0.2) is 29.8 Å². The van der Waals surface area contributed by atoms with Gasteiger partial charge in [0.25, 0.3) is 0 Å². The maximum absolute atomic E-state index is 12.9. The van der Waals surface area contributed by atoms with Crippen molar-refractivity contribution in [3.8, 4) is 0 Å². The second kappa shape index (κ2) is 8.50. The molecular formula is C21H30N2O2. The van der Waals surface area contributed by atoms with Crippen LogP contribution >= 0.6 is 0 Å². The van der Waals surface area contributed by atoms with Crippen molar-refractivity contribution in [2.75, 3.05) is 13.1 Å². The molecule has 1 atom stereocenters. The predicted octanol–water partition coefficient (Wildman–Crippen LogP) is 3.68. The maximum Gasteiger partial charge on any atom is 0.223 e. The quantitative estimate of drug-likeness (QED) is 0.907. The van der Waals surface area contributed by atoms with E-state index >= 15 is 0 Å². The van der Waals surface area contributed by atoms with Crippen LogP contribution in [0.3, 0.4) is 0 Å². The first kappa shape index (κ1) is 18.0. The Bertz CT molecular complexity index is 573. The number of hydrogen-bond acceptors (Lipinski definition) is 2. The zero-order chi connectivity index (χ0) is 17.6. The van der Waals surface area contributed by atoms with E-state index < -0.39 is 0 Å². The highest BCUT2D eigenvalue weighted by atomic mass is 16.2. The lowest BCUT2D eigenvalue weighted by molar-refractivity contribution is -0.134. The fourth-order valence-electron chi connectivity index (χ4n) is 4.33. The predicted molar refractivity (Wildman–Crippen MR) is 98.9 cm³/mol. The van der Waals surface area contributed by atoms with Crippen LogP contribution in [0.1, 0.15) is 63.5 Å². The van der Waals surface area contributed by atoms with E-state index in [4.69, 9.17) is 0 Å². The zero-order valence-corrected chi connectivity index (χ0v) is 15.2. The van der Waals surface area contributed by atoms with Crippen molar-refractivity contribution in [1.29, 1.82) is 0 Å². The molecule has 0 aromatic heterocycles. The second-order valence-electron chi connectivity index (χ2n) is 7.58. The molecule has 1 saturated heterocycles. The van der Waals surface area contributed by atoms with Gasteiger partial charge in [0.15, 0.2) is 0 Å². The van der Waals surface area contributed by atoms with Crippen molar-refractivity contribution >= 4 is 11.8 Å². The van der Waals surface area contributed by atoms with Gasteiger partial charge in [-0.1, -0.05) is 49.6 Å². The van der Waals surface area contributed by atoms with Crippen LogP contribution in [0.25, 0.3) is 0 Å². The summed E-state index contributed by atoms with van der Waals surface area (Å²) in [5, 5.41) is 3.37. The summed E-state index contributed by atoms with van der Waals surface area (Å²) in [4.78, 5) is 26.2. The number of nitrogens with zero attached hydrogens (tertiary/aromatic N) is 1. The molecule has 1 N–H and O–H groups in total. The highest BCUT2D eigenvalue weighted by Gasteiger charge is 2.31. The van der Waals surface area contributed by atoms with E-state index in [1.54, 1.807) is 6.92 Å². The van der Waals surface area contributed by atoms with Crippen LogP contribution in [-0.2, 0) is 9.59 Å². The van der Waals surface area contributed by atoms with Crippen molar-refractivity contribution in [2.45, 2.75) is 57.9 Å². The van der Waals surface area contributed by atoms with Crippen LogP contribution in [0.2, 0.25) is 0 Å². The molecule has 0 bridgehead atoms. The number of hydrogen-bond donors (Lipinski definition) is 1. The van der Waals surface area contributed by atoms with Gasteiger partial charge in [-0.15, -0.1) is 0 Å². The van der Waals surface area contributed by atoms with Gasteiger partial charge in [0.2, 0.25) is 11.8 Å². The first-order chi connectivity index (χ1) is 12.1. The van der Waals surface area contributed by atoms with Crippen LogP contribution in [0.4, 0.5) is 0 Å². The van der Waals surface area contributed by atoms with E-state index in [0.717, 1.165) is 12.8 Å². The summed E-state index contributed by atoms with van der Waals surface area (Å²) in [6, 6.07) is 10.5. The first-order valence-corrected chi connectivity index (χ1v) is 9.76. The van der Waals surface area contributed by atoms with Gasteiger partial charge in [0.1, 0.15) is 0 Å². The van der Waals surface area contributed by atoms with E-state index in [9.17, 15) is 9.59 Å². The Kier molecular flexibility index (Phi) is 6.11. The minimum atomic E-state index is 0.0328. The molecule has 2 aliphatic rings. The molecular weight excluding hydrogens is 312 g/mol. The molecule has 0 spiro atoms. The van der Waals surface area contributed by atoms with E-state index in [-0.39, 0.29) is 23.8 Å². The molecule has 4 heteroatoms. The number of carbonyl (C=O) groups excluding carboxylic acids is 2. The lowest BCUT2D eigenvalue weighted by Crippen LogP contribution is -2.44. The number of carbonyl (C=O) groups is 2. The maximum atomic E-state index is 12.9. The number of likely N-dealkylation sites (tertiary alicyclic amines) is 1. The lowest BCUT2D eigenvalue weighted by atomic mass is 9.80. The van der Waals surface area contributed by atoms with Gasteiger partial charge in [-0.3, -0.25) is 9.59 Å². The van der Waals surface area contributed by atoms with Gasteiger partial charge < -0.3 is 10.2 Å². The van der Waals surface area contributed by atoms with Crippen LogP contribution < -0.4 is 5.32 Å². The molecule has 2 amide bonds. The van der Waals surface area contributed by atoms with Crippen LogP contribution in [0.5, 0.6) is 0 Å². The summed E-state index contributed by atoms with van der Waals surface area (Å²) >= 11 is 0. The third-order valence-electron chi connectivity index (χ3n) is 5.89. The highest BCUT2D eigenvalue weighted by molar-refractivity contribution is 5.80. The summed E-state index contributed by atoms with van der Waals surface area (Å²) in [7, 11) is 0. The molecule has 1 saturated carbocycles. The third kappa shape index (κ3) is 4.62. The molecule has 1 aromatic carbocycles. The summed E-state index contributed by atoms with van der Waals surface area (Å²) in [5.74, 6) is 0.855. The molecule has 2 fully saturated rings. The van der Waals surface area contributed by atoms with Crippen LogP contribution in [0.15, 0.2) is 30.3 Å². The largest absolute Gasteiger partial charge is 0.349 e. The van der Waals surface area contributed by atoms with Gasteiger partial charge >= 0.3 is 0 Å². The average Bonchev–Trinajstić information content (AvgIpc) is 2.67. The number of piperidine rings is 1. The third-order valence-corrected chi connectivity index (χ3v) is 5.89. The second-order valence-corrected chi connectivity index (χ2v) is 7.58. The summed E-state index contributed by atoms with van der Waals surface area (Å²) in [6.45, 7) is 3.01. The number of benzene rings is 1. The van der Waals surface area contributed by atoms with Crippen molar-refractivity contribution in [2.24, 2.45) is 11.8 Å². The SMILES string of the molecule is CC(=O)N1CCC(C(=O)N[C@@H](c2ccccc2)C2CCCCC2)CC1. The van der Waals surface area contributed by atoms with Crippen molar-refractivity contribution in [3.05, 3.63) is 35.9 Å². The molecule has 4 nitrogen and oxygen atoms in total. The molecule has 3 rings (SSSR count). The smallest absolute Gasteiger partial charge is 0.223 e. The number of nitrogens with one attached hydrogen (secondary N) is 1. The summed E-state index contributed by atoms with van der Waals surface area (Å²) in [5.41, 5.74) is 1.23. The summed E-state index contributed by atoms with van der Waals surface area (Å²) in [6.07, 6.45) is 7.79. The Hall–Kier alpha value is -1.84. The molecule has 136 valence electrons. The molecule has 1 heterocycles.